The molecule has 1 aliphatic heterocycles. The number of carbonyl (C=O) groups is 2. The van der Waals surface area contributed by atoms with Gasteiger partial charge in [-0.2, -0.15) is 0 Å². The number of piperidine rings is 1. The Hall–Kier alpha value is -3.67. The molecule has 1 aliphatic rings. The quantitative estimate of drug-likeness (QED) is 0.461. The minimum absolute atomic E-state index is 0.00466. The van der Waals surface area contributed by atoms with Gasteiger partial charge < -0.3 is 14.3 Å². The molecule has 2 heterocycles. The number of aromatic nitrogens is 1. The van der Waals surface area contributed by atoms with Gasteiger partial charge in [-0.3, -0.25) is 9.59 Å². The third-order valence-electron chi connectivity index (χ3n) is 6.30. The van der Waals surface area contributed by atoms with E-state index in [9.17, 15) is 9.59 Å². The maximum Gasteiger partial charge on any atom is 0.246 e. The highest BCUT2D eigenvalue weighted by Gasteiger charge is 2.28. The highest BCUT2D eigenvalue weighted by atomic mass is 16.5. The molecule has 6 heteroatoms. The largest absolute Gasteiger partial charge is 0.361 e. The number of carbonyl (C=O) groups excluding carboxylic acids is 2. The first-order valence-corrected chi connectivity index (χ1v) is 11.9. The van der Waals surface area contributed by atoms with E-state index in [2.05, 4.69) is 5.16 Å². The van der Waals surface area contributed by atoms with Crippen LogP contribution in [0.15, 0.2) is 77.3 Å². The number of amides is 2. The van der Waals surface area contributed by atoms with Gasteiger partial charge in [0.2, 0.25) is 11.8 Å². The summed E-state index contributed by atoms with van der Waals surface area (Å²) < 4.78 is 5.46. The molecule has 0 spiro atoms. The molecule has 0 radical (unpaired) electrons. The summed E-state index contributed by atoms with van der Waals surface area (Å²) in [6.07, 6.45) is 6.42. The lowest BCUT2D eigenvalue weighted by atomic mass is 9.95. The Morgan fingerprint density at radius 2 is 1.74 bits per heavy atom. The van der Waals surface area contributed by atoms with Gasteiger partial charge in [0, 0.05) is 56.7 Å². The Balaban J connectivity index is 1.19. The van der Waals surface area contributed by atoms with Gasteiger partial charge in [-0.15, -0.1) is 0 Å². The van der Waals surface area contributed by atoms with E-state index in [-0.39, 0.29) is 17.7 Å². The Bertz CT molecular complexity index is 1100. The molecule has 0 aliphatic carbocycles. The number of rotatable bonds is 8. The fourth-order valence-corrected chi connectivity index (χ4v) is 4.27. The lowest BCUT2D eigenvalue weighted by molar-refractivity contribution is -0.138. The second-order valence-electron chi connectivity index (χ2n) is 8.75. The first-order valence-electron chi connectivity index (χ1n) is 11.9. The molecular weight excluding hydrogens is 426 g/mol. The Morgan fingerprint density at radius 1 is 1.06 bits per heavy atom. The van der Waals surface area contributed by atoms with Gasteiger partial charge in [0.15, 0.2) is 0 Å². The summed E-state index contributed by atoms with van der Waals surface area (Å²) in [5.41, 5.74) is 2.87. The van der Waals surface area contributed by atoms with E-state index in [1.807, 2.05) is 89.7 Å². The van der Waals surface area contributed by atoms with Crippen LogP contribution in [-0.4, -0.2) is 53.5 Å². The summed E-state index contributed by atoms with van der Waals surface area (Å²) in [5, 5.41) is 4.15. The van der Waals surface area contributed by atoms with Gasteiger partial charge in [0.05, 0.1) is 0 Å². The first-order chi connectivity index (χ1) is 16.6. The van der Waals surface area contributed by atoms with Crippen LogP contribution in [0.4, 0.5) is 0 Å². The van der Waals surface area contributed by atoms with E-state index in [1.54, 1.807) is 6.08 Å². The highest BCUT2D eigenvalue weighted by Crippen LogP contribution is 2.21. The maximum absolute atomic E-state index is 12.9. The van der Waals surface area contributed by atoms with Crippen LogP contribution in [0.25, 0.3) is 17.3 Å². The monoisotopic (exact) mass is 457 g/mol. The molecule has 1 fully saturated rings. The van der Waals surface area contributed by atoms with Crippen LogP contribution in [0.5, 0.6) is 0 Å². The first kappa shape index (κ1) is 23.5. The van der Waals surface area contributed by atoms with Gasteiger partial charge in [-0.25, -0.2) is 0 Å². The van der Waals surface area contributed by atoms with Gasteiger partial charge in [-0.1, -0.05) is 65.8 Å². The van der Waals surface area contributed by atoms with E-state index in [0.717, 1.165) is 35.4 Å². The van der Waals surface area contributed by atoms with Gasteiger partial charge >= 0.3 is 0 Å². The zero-order chi connectivity index (χ0) is 23.8. The predicted molar refractivity (Wildman–Crippen MR) is 133 cm³/mol. The molecule has 0 atom stereocenters. The van der Waals surface area contributed by atoms with Crippen molar-refractivity contribution in [3.8, 4) is 11.3 Å². The van der Waals surface area contributed by atoms with Crippen molar-refractivity contribution >= 4 is 17.9 Å². The zero-order valence-electron chi connectivity index (χ0n) is 19.6. The summed E-state index contributed by atoms with van der Waals surface area (Å²) in [5.74, 6) is 0.969. The van der Waals surface area contributed by atoms with Crippen LogP contribution >= 0.6 is 0 Å². The number of likely N-dealkylation sites (tertiary alicyclic amines) is 1. The van der Waals surface area contributed by atoms with Gasteiger partial charge in [0.25, 0.3) is 0 Å². The van der Waals surface area contributed by atoms with Crippen molar-refractivity contribution in [3.05, 3.63) is 84.1 Å². The van der Waals surface area contributed by atoms with E-state index in [1.165, 1.54) is 0 Å². The third kappa shape index (κ3) is 6.22. The van der Waals surface area contributed by atoms with E-state index in [0.29, 0.717) is 32.5 Å². The van der Waals surface area contributed by atoms with Crippen LogP contribution in [0, 0.1) is 5.92 Å². The number of aryl methyl sites for hydroxylation is 1. The number of benzene rings is 2. The summed E-state index contributed by atoms with van der Waals surface area (Å²) >= 11 is 0. The highest BCUT2D eigenvalue weighted by molar-refractivity contribution is 5.92. The standard InChI is InChI=1S/C28H31N3O3/c1-30(18-8-13-25-21-26(29-34-25)23-11-6-3-7-12-23)28(33)24-16-19-31(20-17-24)27(32)15-14-22-9-4-2-5-10-22/h2-7,9-12,14-15,21,24H,8,13,16-20H2,1H3/b15-14+. The molecule has 0 N–H and O–H groups in total. The van der Waals surface area contributed by atoms with Crippen LogP contribution < -0.4 is 0 Å². The van der Waals surface area contributed by atoms with Crippen molar-refractivity contribution in [1.29, 1.82) is 0 Å². The molecule has 1 saturated heterocycles. The topological polar surface area (TPSA) is 66.7 Å². The molecule has 6 nitrogen and oxygen atoms in total. The smallest absolute Gasteiger partial charge is 0.246 e. The molecule has 34 heavy (non-hydrogen) atoms. The molecule has 3 aromatic rings. The van der Waals surface area contributed by atoms with Gasteiger partial charge in [0.1, 0.15) is 11.5 Å². The number of hydrogen-bond acceptors (Lipinski definition) is 4. The summed E-state index contributed by atoms with van der Waals surface area (Å²) in [6, 6.07) is 21.7. The van der Waals surface area contributed by atoms with E-state index >= 15 is 0 Å². The Morgan fingerprint density at radius 3 is 2.44 bits per heavy atom. The molecule has 1 aromatic heterocycles. The zero-order valence-corrected chi connectivity index (χ0v) is 19.6. The molecule has 176 valence electrons. The van der Waals surface area contributed by atoms with Crippen LogP contribution in [0.1, 0.15) is 30.6 Å². The lowest BCUT2D eigenvalue weighted by Gasteiger charge is -2.32. The molecule has 0 saturated carbocycles. The molecule has 0 bridgehead atoms. The minimum Gasteiger partial charge on any atom is -0.361 e. The average Bonchev–Trinajstić information content (AvgIpc) is 3.37. The van der Waals surface area contributed by atoms with Crippen molar-refractivity contribution < 1.29 is 14.1 Å². The van der Waals surface area contributed by atoms with Crippen LogP contribution in [-0.2, 0) is 16.0 Å². The van der Waals surface area contributed by atoms with Crippen molar-refractivity contribution in [1.82, 2.24) is 15.0 Å². The molecule has 2 amide bonds. The van der Waals surface area contributed by atoms with Crippen LogP contribution in [0.3, 0.4) is 0 Å². The van der Waals surface area contributed by atoms with Crippen molar-refractivity contribution in [2.75, 3.05) is 26.7 Å². The second kappa shape index (κ2) is 11.5. The normalized spacial score (nSPS) is 14.4. The van der Waals surface area contributed by atoms with E-state index in [4.69, 9.17) is 4.52 Å². The average molecular weight is 458 g/mol. The summed E-state index contributed by atoms with van der Waals surface area (Å²) in [4.78, 5) is 29.0. The van der Waals surface area contributed by atoms with Crippen LogP contribution in [0.2, 0.25) is 0 Å². The number of nitrogens with zero attached hydrogens (tertiary/aromatic N) is 3. The third-order valence-corrected chi connectivity index (χ3v) is 6.30. The number of hydrogen-bond donors (Lipinski definition) is 0. The Labute approximate surface area is 200 Å². The minimum atomic E-state index is -0.0258. The predicted octanol–water partition coefficient (Wildman–Crippen LogP) is 4.68. The lowest BCUT2D eigenvalue weighted by Crippen LogP contribution is -2.43. The van der Waals surface area contributed by atoms with Crippen molar-refractivity contribution in [2.45, 2.75) is 25.7 Å². The fraction of sp³-hybridized carbons (Fsp3) is 0.321. The van der Waals surface area contributed by atoms with Crippen molar-refractivity contribution in [3.63, 3.8) is 0 Å². The maximum atomic E-state index is 12.9. The Kier molecular flexibility index (Phi) is 7.91. The SMILES string of the molecule is CN(CCCc1cc(-c2ccccc2)no1)C(=O)C1CCN(C(=O)/C=C/c2ccccc2)CC1. The van der Waals surface area contributed by atoms with Gasteiger partial charge in [-0.05, 0) is 30.9 Å². The second-order valence-corrected chi connectivity index (χ2v) is 8.75. The molecule has 0 unspecified atom stereocenters. The molecular formula is C28H31N3O3. The summed E-state index contributed by atoms with van der Waals surface area (Å²) in [6.45, 7) is 1.89. The van der Waals surface area contributed by atoms with E-state index < -0.39 is 0 Å². The molecule has 2 aromatic carbocycles. The fourth-order valence-electron chi connectivity index (χ4n) is 4.27. The van der Waals surface area contributed by atoms with Crippen molar-refractivity contribution in [2.24, 2.45) is 5.92 Å². The summed E-state index contributed by atoms with van der Waals surface area (Å²) in [7, 11) is 1.86. The molecule has 4 rings (SSSR count).